The van der Waals surface area contributed by atoms with Crippen molar-refractivity contribution in [1.29, 1.82) is 0 Å². The lowest BCUT2D eigenvalue weighted by atomic mass is 10.1. The van der Waals surface area contributed by atoms with Gasteiger partial charge in [0.1, 0.15) is 12.9 Å². The molecule has 0 aromatic carbocycles. The van der Waals surface area contributed by atoms with Gasteiger partial charge in [-0.25, -0.2) is 4.98 Å². The number of piperidine rings is 1. The van der Waals surface area contributed by atoms with Gasteiger partial charge >= 0.3 is 5.69 Å². The van der Waals surface area contributed by atoms with E-state index in [1.165, 1.54) is 25.6 Å². The van der Waals surface area contributed by atoms with Crippen molar-refractivity contribution in [2.45, 2.75) is 19.3 Å². The smallest absolute Gasteiger partial charge is 0.372 e. The van der Waals surface area contributed by atoms with Crippen LogP contribution in [-0.4, -0.2) is 46.0 Å². The van der Waals surface area contributed by atoms with Crippen LogP contribution in [0.5, 0.6) is 5.88 Å². The molecule has 19 heavy (non-hydrogen) atoms. The third-order valence-electron chi connectivity index (χ3n) is 3.09. The average Bonchev–Trinajstić information content (AvgIpc) is 2.39. The summed E-state index contributed by atoms with van der Waals surface area (Å²) in [6.45, 7) is 3.20. The fraction of sp³-hybridized carbons (Fsp3) is 0.636. The second-order valence-electron chi connectivity index (χ2n) is 4.42. The summed E-state index contributed by atoms with van der Waals surface area (Å²) in [6, 6.07) is 0. The fourth-order valence-corrected chi connectivity index (χ4v) is 2.11. The minimum atomic E-state index is -0.619. The van der Waals surface area contributed by atoms with Crippen LogP contribution in [0.3, 0.4) is 0 Å². The van der Waals surface area contributed by atoms with E-state index in [9.17, 15) is 10.1 Å². The second kappa shape index (κ2) is 6.28. The van der Waals surface area contributed by atoms with Gasteiger partial charge in [0, 0.05) is 6.54 Å². The van der Waals surface area contributed by atoms with Crippen LogP contribution in [0.4, 0.5) is 11.5 Å². The summed E-state index contributed by atoms with van der Waals surface area (Å²) < 4.78 is 5.37. The van der Waals surface area contributed by atoms with Crippen molar-refractivity contribution < 1.29 is 9.66 Å². The van der Waals surface area contributed by atoms with Crippen LogP contribution in [0.15, 0.2) is 6.33 Å². The molecule has 104 valence electrons. The van der Waals surface area contributed by atoms with Gasteiger partial charge in [-0.15, -0.1) is 0 Å². The predicted molar refractivity (Wildman–Crippen MR) is 68.9 cm³/mol. The van der Waals surface area contributed by atoms with E-state index in [1.54, 1.807) is 0 Å². The molecule has 1 aromatic rings. The molecule has 0 aliphatic carbocycles. The zero-order chi connectivity index (χ0) is 13.7. The van der Waals surface area contributed by atoms with E-state index in [1.807, 2.05) is 0 Å². The first-order valence-electron chi connectivity index (χ1n) is 6.28. The Balaban J connectivity index is 1.92. The minimum Gasteiger partial charge on any atom is -0.471 e. The van der Waals surface area contributed by atoms with Crippen molar-refractivity contribution in [2.75, 3.05) is 32.0 Å². The summed E-state index contributed by atoms with van der Waals surface area (Å²) in [7, 11) is 0. The number of hydrogen-bond acceptors (Lipinski definition) is 7. The lowest BCUT2D eigenvalue weighted by Gasteiger charge is -2.25. The molecule has 0 atom stereocenters. The molecule has 1 aromatic heterocycles. The molecule has 0 spiro atoms. The molecule has 8 heteroatoms. The van der Waals surface area contributed by atoms with E-state index in [-0.39, 0.29) is 17.4 Å². The SMILES string of the molecule is Nc1ncnc(OCCN2CCCCC2)c1[N+](=O)[O-]. The lowest BCUT2D eigenvalue weighted by Crippen LogP contribution is -2.33. The highest BCUT2D eigenvalue weighted by atomic mass is 16.6. The van der Waals surface area contributed by atoms with Gasteiger partial charge in [0.15, 0.2) is 0 Å². The molecule has 0 bridgehead atoms. The average molecular weight is 267 g/mol. The number of likely N-dealkylation sites (tertiary alicyclic amines) is 1. The number of hydrogen-bond donors (Lipinski definition) is 1. The van der Waals surface area contributed by atoms with Crippen LogP contribution in [0.25, 0.3) is 0 Å². The van der Waals surface area contributed by atoms with Gasteiger partial charge in [-0.1, -0.05) is 6.42 Å². The monoisotopic (exact) mass is 267 g/mol. The van der Waals surface area contributed by atoms with Crippen LogP contribution >= 0.6 is 0 Å². The first-order chi connectivity index (χ1) is 9.18. The van der Waals surface area contributed by atoms with E-state index in [4.69, 9.17) is 10.5 Å². The molecule has 2 heterocycles. The Kier molecular flexibility index (Phi) is 4.45. The standard InChI is InChI=1S/C11H17N5O3/c12-10-9(16(17)18)11(14-8-13-10)19-7-6-15-4-2-1-3-5-15/h8H,1-7H2,(H2,12,13,14). The largest absolute Gasteiger partial charge is 0.471 e. The van der Waals surface area contributed by atoms with Crippen molar-refractivity contribution in [2.24, 2.45) is 0 Å². The van der Waals surface area contributed by atoms with Gasteiger partial charge in [-0.3, -0.25) is 15.0 Å². The van der Waals surface area contributed by atoms with E-state index in [2.05, 4.69) is 14.9 Å². The molecule has 0 saturated carbocycles. The van der Waals surface area contributed by atoms with Crippen LogP contribution in [0, 0.1) is 10.1 Å². The summed E-state index contributed by atoms with van der Waals surface area (Å²) in [6.07, 6.45) is 4.82. The number of aromatic nitrogens is 2. The van der Waals surface area contributed by atoms with Crippen molar-refractivity contribution in [3.8, 4) is 5.88 Å². The summed E-state index contributed by atoms with van der Waals surface area (Å²) >= 11 is 0. The van der Waals surface area contributed by atoms with E-state index in [0.717, 1.165) is 19.6 Å². The van der Waals surface area contributed by atoms with Crippen LogP contribution in [0.1, 0.15) is 19.3 Å². The highest BCUT2D eigenvalue weighted by molar-refractivity contribution is 5.57. The van der Waals surface area contributed by atoms with Crippen LogP contribution < -0.4 is 10.5 Å². The minimum absolute atomic E-state index is 0.0606. The Morgan fingerprint density at radius 3 is 2.79 bits per heavy atom. The van der Waals surface area contributed by atoms with Gasteiger partial charge in [0.2, 0.25) is 5.82 Å². The maximum atomic E-state index is 10.9. The van der Waals surface area contributed by atoms with E-state index < -0.39 is 4.92 Å². The van der Waals surface area contributed by atoms with Crippen LogP contribution in [-0.2, 0) is 0 Å². The topological polar surface area (TPSA) is 107 Å². The number of nitrogen functional groups attached to an aromatic ring is 1. The van der Waals surface area contributed by atoms with Gasteiger partial charge in [0.05, 0.1) is 4.92 Å². The number of anilines is 1. The molecule has 2 N–H and O–H groups in total. The number of nitrogens with two attached hydrogens (primary N) is 1. The number of ether oxygens (including phenoxy) is 1. The molecule has 0 radical (unpaired) electrons. The Bertz CT molecular complexity index is 448. The zero-order valence-electron chi connectivity index (χ0n) is 10.6. The predicted octanol–water partition coefficient (Wildman–Crippen LogP) is 0.832. The highest BCUT2D eigenvalue weighted by Crippen LogP contribution is 2.28. The maximum Gasteiger partial charge on any atom is 0.372 e. The Morgan fingerprint density at radius 1 is 1.37 bits per heavy atom. The summed E-state index contributed by atoms with van der Waals surface area (Å²) in [4.78, 5) is 19.9. The summed E-state index contributed by atoms with van der Waals surface area (Å²) in [5.41, 5.74) is 5.09. The van der Waals surface area contributed by atoms with Crippen molar-refractivity contribution in [1.82, 2.24) is 14.9 Å². The van der Waals surface area contributed by atoms with E-state index in [0.29, 0.717) is 6.61 Å². The molecular formula is C11H17N5O3. The Labute approximate surface area is 110 Å². The molecule has 1 aliphatic heterocycles. The number of nitrogens with zero attached hydrogens (tertiary/aromatic N) is 4. The molecular weight excluding hydrogens is 250 g/mol. The zero-order valence-corrected chi connectivity index (χ0v) is 10.6. The molecule has 0 amide bonds. The normalized spacial score (nSPS) is 16.2. The van der Waals surface area contributed by atoms with Crippen molar-refractivity contribution in [3.05, 3.63) is 16.4 Å². The van der Waals surface area contributed by atoms with Gasteiger partial charge < -0.3 is 10.5 Å². The molecule has 1 saturated heterocycles. The second-order valence-corrected chi connectivity index (χ2v) is 4.42. The quantitative estimate of drug-likeness (QED) is 0.621. The molecule has 0 unspecified atom stereocenters. The fourth-order valence-electron chi connectivity index (χ4n) is 2.11. The first kappa shape index (κ1) is 13.5. The molecule has 8 nitrogen and oxygen atoms in total. The van der Waals surface area contributed by atoms with Gasteiger partial charge in [-0.2, -0.15) is 4.98 Å². The Hall–Kier alpha value is -1.96. The third-order valence-corrected chi connectivity index (χ3v) is 3.09. The summed E-state index contributed by atoms with van der Waals surface area (Å²) in [5.74, 6) is -0.234. The first-order valence-corrected chi connectivity index (χ1v) is 6.28. The van der Waals surface area contributed by atoms with Crippen molar-refractivity contribution >= 4 is 11.5 Å². The lowest BCUT2D eigenvalue weighted by molar-refractivity contribution is -0.385. The highest BCUT2D eigenvalue weighted by Gasteiger charge is 2.22. The molecule has 1 fully saturated rings. The van der Waals surface area contributed by atoms with Gasteiger partial charge in [0.25, 0.3) is 5.88 Å². The van der Waals surface area contributed by atoms with Crippen molar-refractivity contribution in [3.63, 3.8) is 0 Å². The Morgan fingerprint density at radius 2 is 2.11 bits per heavy atom. The molecule has 2 rings (SSSR count). The summed E-state index contributed by atoms with van der Waals surface area (Å²) in [5, 5.41) is 10.9. The van der Waals surface area contributed by atoms with E-state index >= 15 is 0 Å². The number of nitro groups is 1. The maximum absolute atomic E-state index is 10.9. The molecule has 1 aliphatic rings. The van der Waals surface area contributed by atoms with Gasteiger partial charge in [-0.05, 0) is 25.9 Å². The number of rotatable bonds is 5. The van der Waals surface area contributed by atoms with Crippen LogP contribution in [0.2, 0.25) is 0 Å². The third kappa shape index (κ3) is 3.50.